The number of fused-ring (bicyclic) bond motifs is 1. The van der Waals surface area contributed by atoms with Crippen LogP contribution < -0.4 is 19.1 Å². The molecule has 6 rings (SSSR count). The predicted octanol–water partition coefficient (Wildman–Crippen LogP) is 4.78. The van der Waals surface area contributed by atoms with E-state index < -0.39 is 20.6 Å². The Morgan fingerprint density at radius 3 is 2.42 bits per heavy atom. The number of anilines is 1. The number of piperazine rings is 1. The van der Waals surface area contributed by atoms with Crippen LogP contribution >= 0.6 is 11.8 Å². The number of hydrogen-bond donors (Lipinski definition) is 1. The number of nitrogens with one attached hydrogen (secondary N) is 1. The van der Waals surface area contributed by atoms with Gasteiger partial charge < -0.3 is 14.4 Å². The van der Waals surface area contributed by atoms with E-state index >= 15 is 0 Å². The second kappa shape index (κ2) is 13.7. The van der Waals surface area contributed by atoms with Gasteiger partial charge in [0, 0.05) is 38.8 Å². The molecule has 45 heavy (non-hydrogen) atoms. The fourth-order valence-corrected chi connectivity index (χ4v) is 9.68. The summed E-state index contributed by atoms with van der Waals surface area (Å²) in [6.07, 6.45) is 8.24. The summed E-state index contributed by atoms with van der Waals surface area (Å²) < 4.78 is 38.7. The fraction of sp³-hybridized carbons (Fsp3) is 0.515. The summed E-state index contributed by atoms with van der Waals surface area (Å²) in [6.45, 7) is 3.70. The van der Waals surface area contributed by atoms with Gasteiger partial charge in [-0.1, -0.05) is 31.1 Å². The normalized spacial score (nSPS) is 21.5. The van der Waals surface area contributed by atoms with Crippen molar-refractivity contribution in [2.45, 2.75) is 61.6 Å². The number of rotatable bonds is 12. The van der Waals surface area contributed by atoms with Crippen LogP contribution in [-0.4, -0.2) is 87.6 Å². The molecule has 2 aromatic rings. The highest BCUT2D eigenvalue weighted by molar-refractivity contribution is 8.14. The maximum absolute atomic E-state index is 14.3. The third kappa shape index (κ3) is 6.47. The zero-order valence-corrected chi connectivity index (χ0v) is 27.6. The van der Waals surface area contributed by atoms with Gasteiger partial charge in [0.2, 0.25) is 10.0 Å². The zero-order valence-electron chi connectivity index (χ0n) is 25.9. The quantitative estimate of drug-likeness (QED) is 0.256. The van der Waals surface area contributed by atoms with E-state index in [2.05, 4.69) is 14.5 Å². The van der Waals surface area contributed by atoms with E-state index in [-0.39, 0.29) is 18.4 Å². The number of imide groups is 1. The number of methoxy groups -OCH3 is 2. The molecular weight excluding hydrogens is 613 g/mol. The first-order valence-electron chi connectivity index (χ1n) is 15.8. The van der Waals surface area contributed by atoms with Crippen LogP contribution in [0.25, 0.3) is 0 Å². The lowest BCUT2D eigenvalue weighted by Gasteiger charge is -2.39. The predicted molar refractivity (Wildman–Crippen MR) is 177 cm³/mol. The Kier molecular flexibility index (Phi) is 9.74. The molecule has 1 saturated heterocycles. The van der Waals surface area contributed by atoms with Gasteiger partial charge in [0.15, 0.2) is 11.5 Å². The summed E-state index contributed by atoms with van der Waals surface area (Å²) in [7, 11) is -0.399. The molecule has 2 fully saturated rings. The van der Waals surface area contributed by atoms with E-state index in [1.807, 2.05) is 29.7 Å². The molecule has 10 nitrogen and oxygen atoms in total. The molecule has 12 heteroatoms. The summed E-state index contributed by atoms with van der Waals surface area (Å²) in [6, 6.07) is 11.0. The Morgan fingerprint density at radius 2 is 1.73 bits per heavy atom. The Hall–Kier alpha value is -3.06. The molecule has 2 aromatic carbocycles. The van der Waals surface area contributed by atoms with Gasteiger partial charge in [-0.25, -0.2) is 13.1 Å². The first-order chi connectivity index (χ1) is 21.8. The van der Waals surface area contributed by atoms with E-state index in [1.165, 1.54) is 42.3 Å². The Bertz CT molecular complexity index is 1540. The van der Waals surface area contributed by atoms with Gasteiger partial charge in [-0.15, -0.1) is 11.8 Å². The van der Waals surface area contributed by atoms with Crippen molar-refractivity contribution >= 4 is 39.3 Å². The van der Waals surface area contributed by atoms with Crippen molar-refractivity contribution in [1.82, 2.24) is 14.5 Å². The van der Waals surface area contributed by atoms with Crippen LogP contribution in [0.1, 0.15) is 77.3 Å². The minimum absolute atomic E-state index is 0.197. The average Bonchev–Trinajstić information content (AvgIpc) is 3.85. The summed E-state index contributed by atoms with van der Waals surface area (Å²) in [4.78, 5) is 34.5. The van der Waals surface area contributed by atoms with Crippen LogP contribution in [0.3, 0.4) is 0 Å². The van der Waals surface area contributed by atoms with Crippen molar-refractivity contribution < 1.29 is 27.5 Å². The van der Waals surface area contributed by atoms with E-state index in [4.69, 9.17) is 9.47 Å². The molecule has 242 valence electrons. The number of thioether (sulfide) groups is 1. The first kappa shape index (κ1) is 31.9. The maximum Gasteiger partial charge on any atom is 0.264 e. The van der Waals surface area contributed by atoms with Crippen molar-refractivity contribution in [3.63, 3.8) is 0 Å². The van der Waals surface area contributed by atoms with Gasteiger partial charge in [-0.3, -0.25) is 19.4 Å². The molecule has 0 spiro atoms. The molecule has 3 aliphatic heterocycles. The SMILES string of the molecule is COc1ccc([C@@H](CCCNS(=O)(=O)C2CC=CS2)N2C(=O)c3cccc(N4CCN(C5CCCC5)CC4)c3C2=O)cc1OC. The van der Waals surface area contributed by atoms with Crippen molar-refractivity contribution in [2.75, 3.05) is 51.8 Å². The molecule has 0 radical (unpaired) electrons. The Balaban J connectivity index is 1.24. The number of carbonyl (C=O) groups is 2. The largest absolute Gasteiger partial charge is 0.493 e. The fourth-order valence-electron chi connectivity index (χ4n) is 7.10. The molecule has 1 aliphatic carbocycles. The standard InChI is InChI=1S/C33H42N4O6S2/c1-42-28-15-14-23(22-29(28)43-2)26(12-6-16-34-45(40,41)30-13-7-21-44-30)37-32(38)25-10-5-11-27(31(25)33(37)39)36-19-17-35(18-20-36)24-8-3-4-9-24/h5,7,10-11,14-15,21-22,24,26,30,34H,3-4,6,8-9,12-13,16-20H2,1-2H3/t26-,30?/m1/s1. The highest BCUT2D eigenvalue weighted by atomic mass is 32.3. The van der Waals surface area contributed by atoms with Crippen molar-refractivity contribution in [2.24, 2.45) is 0 Å². The molecular formula is C33H42N4O6S2. The number of benzene rings is 2. The van der Waals surface area contributed by atoms with Gasteiger partial charge in [0.1, 0.15) is 4.58 Å². The van der Waals surface area contributed by atoms with Gasteiger partial charge in [0.25, 0.3) is 11.8 Å². The summed E-state index contributed by atoms with van der Waals surface area (Å²) in [5.41, 5.74) is 2.38. The minimum atomic E-state index is -3.50. The number of sulfonamides is 1. The van der Waals surface area contributed by atoms with Gasteiger partial charge >= 0.3 is 0 Å². The van der Waals surface area contributed by atoms with Crippen LogP contribution in [0.15, 0.2) is 47.9 Å². The van der Waals surface area contributed by atoms with Crippen molar-refractivity contribution in [3.8, 4) is 11.5 Å². The Labute approximate surface area is 270 Å². The molecule has 1 unspecified atom stereocenters. The monoisotopic (exact) mass is 654 g/mol. The van der Waals surface area contributed by atoms with Crippen LogP contribution in [0.5, 0.6) is 11.5 Å². The third-order valence-corrected chi connectivity index (χ3v) is 12.9. The van der Waals surface area contributed by atoms with Crippen molar-refractivity contribution in [1.29, 1.82) is 0 Å². The number of carbonyl (C=O) groups excluding carboxylic acids is 2. The van der Waals surface area contributed by atoms with E-state index in [0.717, 1.165) is 31.9 Å². The number of nitrogens with zero attached hydrogens (tertiary/aromatic N) is 3. The smallest absolute Gasteiger partial charge is 0.264 e. The van der Waals surface area contributed by atoms with E-state index in [1.54, 1.807) is 32.4 Å². The van der Waals surface area contributed by atoms with Crippen LogP contribution in [0.2, 0.25) is 0 Å². The van der Waals surface area contributed by atoms with Gasteiger partial charge in [-0.05, 0) is 67.3 Å². The molecule has 0 bridgehead atoms. The first-order valence-corrected chi connectivity index (χ1v) is 18.3. The third-order valence-electron chi connectivity index (χ3n) is 9.48. The van der Waals surface area contributed by atoms with Crippen LogP contribution in [-0.2, 0) is 10.0 Å². The highest BCUT2D eigenvalue weighted by Gasteiger charge is 2.43. The molecule has 1 saturated carbocycles. The molecule has 1 N–H and O–H groups in total. The minimum Gasteiger partial charge on any atom is -0.493 e. The van der Waals surface area contributed by atoms with Crippen LogP contribution in [0, 0.1) is 0 Å². The summed E-state index contributed by atoms with van der Waals surface area (Å²) in [5, 5.41) is 1.81. The molecule has 0 aromatic heterocycles. The second-order valence-electron chi connectivity index (χ2n) is 12.0. The molecule has 2 atom stereocenters. The zero-order chi connectivity index (χ0) is 31.6. The van der Waals surface area contributed by atoms with Crippen molar-refractivity contribution in [3.05, 3.63) is 64.6 Å². The molecule has 4 aliphatic rings. The Morgan fingerprint density at radius 1 is 0.978 bits per heavy atom. The van der Waals surface area contributed by atoms with E-state index in [9.17, 15) is 18.0 Å². The number of amides is 2. The number of ether oxygens (including phenoxy) is 2. The molecule has 2 amide bonds. The van der Waals surface area contributed by atoms with E-state index in [0.29, 0.717) is 53.5 Å². The lowest BCUT2D eigenvalue weighted by Crippen LogP contribution is -2.50. The highest BCUT2D eigenvalue weighted by Crippen LogP contribution is 2.41. The van der Waals surface area contributed by atoms with Crippen LogP contribution in [0.4, 0.5) is 5.69 Å². The number of allylic oxidation sites excluding steroid dienone is 1. The second-order valence-corrected chi connectivity index (χ2v) is 15.4. The summed E-state index contributed by atoms with van der Waals surface area (Å²) in [5.74, 6) is 0.369. The van der Waals surface area contributed by atoms with Gasteiger partial charge in [-0.2, -0.15) is 0 Å². The average molecular weight is 655 g/mol. The van der Waals surface area contributed by atoms with Gasteiger partial charge in [0.05, 0.1) is 37.1 Å². The molecule has 3 heterocycles. The maximum atomic E-state index is 14.3. The number of hydrogen-bond acceptors (Lipinski definition) is 9. The topological polar surface area (TPSA) is 108 Å². The lowest BCUT2D eigenvalue weighted by molar-refractivity contribution is 0.0572. The lowest BCUT2D eigenvalue weighted by atomic mass is 9.99. The summed E-state index contributed by atoms with van der Waals surface area (Å²) >= 11 is 1.29.